The Labute approximate surface area is 177 Å². The molecule has 2 fully saturated rings. The predicted octanol–water partition coefficient (Wildman–Crippen LogP) is 4.24. The molecule has 3 heterocycles. The molecule has 1 aliphatic carbocycles. The molecule has 2 atom stereocenters. The van der Waals surface area contributed by atoms with Crippen LogP contribution in [0, 0.1) is 11.7 Å². The molecule has 152 valence electrons. The lowest BCUT2D eigenvalue weighted by Crippen LogP contribution is -2.42. The van der Waals surface area contributed by atoms with Gasteiger partial charge in [-0.3, -0.25) is 4.79 Å². The van der Waals surface area contributed by atoms with E-state index in [9.17, 15) is 9.18 Å². The summed E-state index contributed by atoms with van der Waals surface area (Å²) in [6, 6.07) is 8.62. The third-order valence-electron chi connectivity index (χ3n) is 6.14. The van der Waals surface area contributed by atoms with E-state index in [1.165, 1.54) is 18.5 Å². The van der Waals surface area contributed by atoms with Crippen LogP contribution in [0.5, 0.6) is 0 Å². The molecule has 0 radical (unpaired) electrons. The van der Waals surface area contributed by atoms with E-state index in [0.717, 1.165) is 25.1 Å². The van der Waals surface area contributed by atoms with E-state index in [1.54, 1.807) is 12.1 Å². The fourth-order valence-electron chi connectivity index (χ4n) is 4.43. The third-order valence-corrected chi connectivity index (χ3v) is 6.43. The van der Waals surface area contributed by atoms with Gasteiger partial charge in [0, 0.05) is 24.2 Å². The van der Waals surface area contributed by atoms with E-state index in [2.05, 4.69) is 21.9 Å². The second-order valence-corrected chi connectivity index (χ2v) is 8.23. The van der Waals surface area contributed by atoms with Gasteiger partial charge in [-0.15, -0.1) is 0 Å². The van der Waals surface area contributed by atoms with E-state index < -0.39 is 5.82 Å². The molecule has 1 N–H and O–H groups in total. The predicted molar refractivity (Wildman–Crippen MR) is 113 cm³/mol. The molecule has 1 aromatic carbocycles. The molecular weight excluding hydrogens is 405 g/mol. The van der Waals surface area contributed by atoms with Crippen molar-refractivity contribution in [1.82, 2.24) is 19.9 Å². The van der Waals surface area contributed by atoms with Gasteiger partial charge in [0.2, 0.25) is 5.91 Å². The van der Waals surface area contributed by atoms with Crippen molar-refractivity contribution in [2.45, 2.75) is 18.3 Å². The van der Waals surface area contributed by atoms with Gasteiger partial charge in [-0.05, 0) is 49.1 Å². The van der Waals surface area contributed by atoms with Crippen molar-refractivity contribution in [2.24, 2.45) is 5.92 Å². The first-order valence-electron chi connectivity index (χ1n) is 9.76. The number of carbonyl (C=O) groups excluding carboxylic acids is 1. The molecule has 0 spiro atoms. The van der Waals surface area contributed by atoms with E-state index >= 15 is 0 Å². The number of hydrogen-bond donors (Lipinski definition) is 1. The molecule has 1 aliphatic heterocycles. The van der Waals surface area contributed by atoms with Gasteiger partial charge in [0.05, 0.1) is 16.2 Å². The zero-order valence-electron chi connectivity index (χ0n) is 16.1. The number of anilines is 2. The van der Waals surface area contributed by atoms with Gasteiger partial charge in [0.25, 0.3) is 0 Å². The van der Waals surface area contributed by atoms with Gasteiger partial charge < -0.3 is 10.2 Å². The lowest BCUT2D eigenvalue weighted by Gasteiger charge is -2.32. The van der Waals surface area contributed by atoms with Crippen LogP contribution >= 0.6 is 11.6 Å². The molecule has 1 amide bonds. The van der Waals surface area contributed by atoms with Gasteiger partial charge in [0.1, 0.15) is 11.8 Å². The molecule has 1 saturated carbocycles. The van der Waals surface area contributed by atoms with Crippen LogP contribution in [-0.2, 0) is 10.2 Å². The van der Waals surface area contributed by atoms with Crippen LogP contribution in [0.2, 0.25) is 5.02 Å². The lowest BCUT2D eigenvalue weighted by molar-refractivity contribution is -0.127. The molecule has 1 saturated heterocycles. The second kappa shape index (κ2) is 7.02. The third kappa shape index (κ3) is 3.01. The summed E-state index contributed by atoms with van der Waals surface area (Å²) in [6.45, 7) is 4.97. The maximum absolute atomic E-state index is 14.4. The number of rotatable bonds is 4. The number of amides is 1. The quantitative estimate of drug-likeness (QED) is 0.635. The highest BCUT2D eigenvalue weighted by Crippen LogP contribution is 2.58. The highest BCUT2D eigenvalue weighted by atomic mass is 35.5. The topological polar surface area (TPSA) is 71.0 Å². The Kier molecular flexibility index (Phi) is 4.43. The largest absolute Gasteiger partial charge is 0.338 e. The van der Waals surface area contributed by atoms with E-state index in [1.807, 2.05) is 17.0 Å². The van der Waals surface area contributed by atoms with Gasteiger partial charge in [-0.2, -0.15) is 0 Å². The summed E-state index contributed by atoms with van der Waals surface area (Å²) in [5.74, 6) is 0.311. The Morgan fingerprint density at radius 2 is 2.20 bits per heavy atom. The zero-order valence-corrected chi connectivity index (χ0v) is 16.9. The minimum Gasteiger partial charge on any atom is -0.338 e. The van der Waals surface area contributed by atoms with Crippen LogP contribution in [0.15, 0.2) is 49.3 Å². The molecule has 0 bridgehead atoms. The summed E-state index contributed by atoms with van der Waals surface area (Å²) < 4.78 is 14.4. The van der Waals surface area contributed by atoms with E-state index in [4.69, 9.17) is 16.6 Å². The Morgan fingerprint density at radius 1 is 1.33 bits per heavy atom. The number of hydrogen-bond acceptors (Lipinski definition) is 5. The number of fused-ring (bicyclic) bond motifs is 2. The minimum atomic E-state index is -0.547. The summed E-state index contributed by atoms with van der Waals surface area (Å²) in [4.78, 5) is 27.4. The normalized spacial score (nSPS) is 22.5. The smallest absolute Gasteiger partial charge is 0.245 e. The molecule has 6 nitrogen and oxygen atoms in total. The number of nitrogens with zero attached hydrogens (tertiary/aromatic N) is 4. The Balaban J connectivity index is 1.53. The van der Waals surface area contributed by atoms with Gasteiger partial charge >= 0.3 is 0 Å². The van der Waals surface area contributed by atoms with Crippen molar-refractivity contribution in [1.29, 1.82) is 0 Å². The number of nitrogens with one attached hydrogen (secondary N) is 1. The van der Waals surface area contributed by atoms with E-state index in [0.29, 0.717) is 29.3 Å². The van der Waals surface area contributed by atoms with Crippen molar-refractivity contribution in [3.63, 3.8) is 0 Å². The van der Waals surface area contributed by atoms with Crippen LogP contribution < -0.4 is 5.32 Å². The van der Waals surface area contributed by atoms with Crippen molar-refractivity contribution < 1.29 is 9.18 Å². The zero-order chi connectivity index (χ0) is 20.9. The number of carbonyl (C=O) groups is 1. The number of likely N-dealkylation sites (tertiary alicyclic amines) is 1. The highest BCUT2D eigenvalue weighted by molar-refractivity contribution is 6.31. The van der Waals surface area contributed by atoms with Crippen LogP contribution in [0.25, 0.3) is 11.0 Å². The Morgan fingerprint density at radius 3 is 3.03 bits per heavy atom. The van der Waals surface area contributed by atoms with Gasteiger partial charge in [0.15, 0.2) is 11.6 Å². The molecule has 5 rings (SSSR count). The average molecular weight is 424 g/mol. The SMILES string of the molecule is C=CC(=O)N1CCC2CC2(c2ccc3ncnc(Nc4cccc(Cl)c4F)c3n2)C1. The summed E-state index contributed by atoms with van der Waals surface area (Å²) in [5, 5.41) is 3.03. The summed E-state index contributed by atoms with van der Waals surface area (Å²) >= 11 is 5.90. The number of piperidine rings is 1. The average Bonchev–Trinajstić information content (AvgIpc) is 3.51. The van der Waals surface area contributed by atoms with Crippen LogP contribution in [0.1, 0.15) is 18.5 Å². The van der Waals surface area contributed by atoms with Crippen LogP contribution in [0.4, 0.5) is 15.9 Å². The summed E-state index contributed by atoms with van der Waals surface area (Å²) in [6.07, 6.45) is 4.71. The molecule has 2 aromatic heterocycles. The maximum atomic E-state index is 14.4. The summed E-state index contributed by atoms with van der Waals surface area (Å²) in [5.41, 5.74) is 2.19. The van der Waals surface area contributed by atoms with Crippen molar-refractivity contribution in [2.75, 3.05) is 18.4 Å². The Bertz CT molecular complexity index is 1190. The van der Waals surface area contributed by atoms with Crippen LogP contribution in [-0.4, -0.2) is 38.8 Å². The molecular formula is C22H19ClFN5O. The maximum Gasteiger partial charge on any atom is 0.245 e. The fraction of sp³-hybridized carbons (Fsp3) is 0.273. The first-order chi connectivity index (χ1) is 14.5. The number of benzene rings is 1. The number of halogens is 2. The second-order valence-electron chi connectivity index (χ2n) is 7.82. The van der Waals surface area contributed by atoms with Gasteiger partial charge in [-0.25, -0.2) is 19.3 Å². The first kappa shape index (κ1) is 18.9. The lowest BCUT2D eigenvalue weighted by atomic mass is 9.92. The van der Waals surface area contributed by atoms with Crippen LogP contribution in [0.3, 0.4) is 0 Å². The standard InChI is InChI=1S/C22H19ClFN5O/c1-2-18(30)29-9-8-13-10-22(13,11-29)17-7-6-16-20(28-17)21(26-12-25-16)27-15-5-3-4-14(23)19(15)24/h2-7,12-13H,1,8-11H2,(H,25,26,27). The molecule has 30 heavy (non-hydrogen) atoms. The molecule has 2 aliphatic rings. The monoisotopic (exact) mass is 423 g/mol. The first-order valence-corrected chi connectivity index (χ1v) is 10.1. The van der Waals surface area contributed by atoms with E-state index in [-0.39, 0.29) is 22.0 Å². The molecule has 2 unspecified atom stereocenters. The fourth-order valence-corrected chi connectivity index (χ4v) is 4.61. The summed E-state index contributed by atoms with van der Waals surface area (Å²) in [7, 11) is 0. The van der Waals surface area contributed by atoms with Gasteiger partial charge in [-0.1, -0.05) is 24.2 Å². The molecule has 8 heteroatoms. The minimum absolute atomic E-state index is 0.0286. The number of pyridine rings is 1. The molecule has 3 aromatic rings. The van der Waals surface area contributed by atoms with Crippen molar-refractivity contribution in [3.8, 4) is 0 Å². The highest BCUT2D eigenvalue weighted by Gasteiger charge is 2.59. The van der Waals surface area contributed by atoms with Crippen molar-refractivity contribution in [3.05, 3.63) is 65.8 Å². The number of aromatic nitrogens is 3. The van der Waals surface area contributed by atoms with Crippen molar-refractivity contribution >= 4 is 40.0 Å². The Hall–Kier alpha value is -3.06.